The van der Waals surface area contributed by atoms with E-state index < -0.39 is 46.7 Å². The SMILES string of the molecule is Nc1nc2c(ncn2C2CC(OP(=O)(O)O)C(CO[PH](=O)O)O2)c(=O)[nH]1. The summed E-state index contributed by atoms with van der Waals surface area (Å²) in [4.78, 5) is 48.8. The van der Waals surface area contributed by atoms with Crippen LogP contribution in [0.2, 0.25) is 0 Å². The van der Waals surface area contributed by atoms with E-state index in [1.807, 2.05) is 0 Å². The summed E-state index contributed by atoms with van der Waals surface area (Å²) < 4.78 is 38.1. The Balaban J connectivity index is 1.90. The number of phosphoric acid groups is 1. The summed E-state index contributed by atoms with van der Waals surface area (Å²) in [6, 6.07) is 0. The van der Waals surface area contributed by atoms with Crippen molar-refractivity contribution in [3.8, 4) is 0 Å². The summed E-state index contributed by atoms with van der Waals surface area (Å²) in [5.41, 5.74) is 5.05. The predicted molar refractivity (Wildman–Crippen MR) is 85.2 cm³/mol. The molecule has 4 atom stereocenters. The van der Waals surface area contributed by atoms with Crippen molar-refractivity contribution in [3.05, 3.63) is 16.7 Å². The van der Waals surface area contributed by atoms with Crippen LogP contribution in [0.15, 0.2) is 11.1 Å². The molecule has 26 heavy (non-hydrogen) atoms. The highest BCUT2D eigenvalue weighted by atomic mass is 31.2. The molecular formula is C10H15N5O9P2. The molecule has 1 aliphatic rings. The number of hydrogen-bond donors (Lipinski definition) is 5. The third-order valence-electron chi connectivity index (χ3n) is 3.59. The van der Waals surface area contributed by atoms with Gasteiger partial charge in [0, 0.05) is 6.42 Å². The predicted octanol–water partition coefficient (Wildman–Crippen LogP) is -1.13. The minimum Gasteiger partial charge on any atom is -0.369 e. The topological polar surface area (TPSA) is 212 Å². The Morgan fingerprint density at radius 2 is 2.27 bits per heavy atom. The van der Waals surface area contributed by atoms with Gasteiger partial charge in [0.25, 0.3) is 5.56 Å². The number of fused-ring (bicyclic) bond motifs is 1. The van der Waals surface area contributed by atoms with Gasteiger partial charge in [-0.2, -0.15) is 4.98 Å². The van der Waals surface area contributed by atoms with Gasteiger partial charge < -0.3 is 29.7 Å². The van der Waals surface area contributed by atoms with Crippen LogP contribution in [0.1, 0.15) is 12.6 Å². The van der Waals surface area contributed by atoms with E-state index in [0.717, 1.165) is 0 Å². The van der Waals surface area contributed by atoms with Crippen LogP contribution in [0.5, 0.6) is 0 Å². The lowest BCUT2D eigenvalue weighted by Crippen LogP contribution is -2.27. The Morgan fingerprint density at radius 1 is 1.54 bits per heavy atom. The summed E-state index contributed by atoms with van der Waals surface area (Å²) in [6.45, 7) is -0.432. The van der Waals surface area contributed by atoms with Gasteiger partial charge in [-0.05, 0) is 0 Å². The van der Waals surface area contributed by atoms with Gasteiger partial charge in [-0.15, -0.1) is 0 Å². The van der Waals surface area contributed by atoms with Crippen LogP contribution < -0.4 is 11.3 Å². The zero-order chi connectivity index (χ0) is 19.1. The van der Waals surface area contributed by atoms with Crippen LogP contribution in [-0.2, 0) is 22.9 Å². The number of anilines is 1. The van der Waals surface area contributed by atoms with Crippen molar-refractivity contribution in [2.45, 2.75) is 24.9 Å². The van der Waals surface area contributed by atoms with E-state index in [-0.39, 0.29) is 23.5 Å². The van der Waals surface area contributed by atoms with Crippen molar-refractivity contribution in [1.29, 1.82) is 0 Å². The van der Waals surface area contributed by atoms with Gasteiger partial charge in [-0.3, -0.25) is 23.4 Å². The number of nitrogens with two attached hydrogens (primary N) is 1. The molecule has 0 aliphatic carbocycles. The lowest BCUT2D eigenvalue weighted by Gasteiger charge is -2.18. The maximum atomic E-state index is 11.8. The molecule has 1 saturated heterocycles. The summed E-state index contributed by atoms with van der Waals surface area (Å²) >= 11 is 0. The van der Waals surface area contributed by atoms with Crippen LogP contribution in [-0.4, -0.2) is 53.0 Å². The smallest absolute Gasteiger partial charge is 0.369 e. The third kappa shape index (κ3) is 4.19. The molecule has 0 amide bonds. The molecule has 4 unspecified atom stereocenters. The first-order valence-corrected chi connectivity index (χ1v) is 9.91. The zero-order valence-corrected chi connectivity index (χ0v) is 14.8. The second-order valence-electron chi connectivity index (χ2n) is 5.35. The van der Waals surface area contributed by atoms with E-state index in [1.54, 1.807) is 0 Å². The number of nitrogens with one attached hydrogen (secondary N) is 1. The summed E-state index contributed by atoms with van der Waals surface area (Å²) in [5.74, 6) is -0.149. The number of H-pyrrole nitrogens is 1. The monoisotopic (exact) mass is 411 g/mol. The van der Waals surface area contributed by atoms with Gasteiger partial charge in [-0.25, -0.2) is 9.55 Å². The van der Waals surface area contributed by atoms with Crippen molar-refractivity contribution >= 4 is 33.2 Å². The lowest BCUT2D eigenvalue weighted by molar-refractivity contribution is -0.0378. The first-order chi connectivity index (χ1) is 12.1. The van der Waals surface area contributed by atoms with Crippen LogP contribution in [0, 0.1) is 0 Å². The molecule has 16 heteroatoms. The number of phosphoric ester groups is 1. The Morgan fingerprint density at radius 3 is 2.92 bits per heavy atom. The number of imidazole rings is 1. The lowest BCUT2D eigenvalue weighted by atomic mass is 10.2. The van der Waals surface area contributed by atoms with E-state index >= 15 is 0 Å². The number of nitrogens with zero attached hydrogens (tertiary/aromatic N) is 3. The van der Waals surface area contributed by atoms with E-state index in [2.05, 4.69) is 24.0 Å². The molecule has 0 aromatic carbocycles. The summed E-state index contributed by atoms with van der Waals surface area (Å²) in [6.07, 6.45) is -1.88. The van der Waals surface area contributed by atoms with E-state index in [0.29, 0.717) is 0 Å². The van der Waals surface area contributed by atoms with Crippen LogP contribution in [0.4, 0.5) is 5.95 Å². The summed E-state index contributed by atoms with van der Waals surface area (Å²) in [5, 5.41) is 0. The van der Waals surface area contributed by atoms with Gasteiger partial charge >= 0.3 is 16.1 Å². The average molecular weight is 411 g/mol. The maximum absolute atomic E-state index is 11.8. The third-order valence-corrected chi connectivity index (χ3v) is 4.54. The van der Waals surface area contributed by atoms with Crippen LogP contribution in [0.25, 0.3) is 11.2 Å². The van der Waals surface area contributed by atoms with E-state index in [4.69, 9.17) is 25.2 Å². The first-order valence-electron chi connectivity index (χ1n) is 7.11. The normalized spacial score (nSPS) is 25.0. The van der Waals surface area contributed by atoms with Crippen molar-refractivity contribution in [3.63, 3.8) is 0 Å². The van der Waals surface area contributed by atoms with E-state index in [9.17, 15) is 13.9 Å². The average Bonchev–Trinajstić information content (AvgIpc) is 3.07. The molecule has 14 nitrogen and oxygen atoms in total. The molecule has 0 saturated carbocycles. The minimum atomic E-state index is -4.85. The van der Waals surface area contributed by atoms with Gasteiger partial charge in [0.05, 0.1) is 12.9 Å². The Bertz CT molecular complexity index is 939. The van der Waals surface area contributed by atoms with Crippen LogP contribution >= 0.6 is 16.1 Å². The number of aromatic nitrogens is 4. The molecule has 6 N–H and O–H groups in total. The fourth-order valence-electron chi connectivity index (χ4n) is 2.62. The number of hydrogen-bond acceptors (Lipinski definition) is 9. The molecule has 0 radical (unpaired) electrons. The van der Waals surface area contributed by atoms with Gasteiger partial charge in [0.15, 0.2) is 11.2 Å². The molecule has 3 rings (SSSR count). The molecule has 0 bridgehead atoms. The molecular weight excluding hydrogens is 396 g/mol. The fraction of sp³-hybridized carbons (Fsp3) is 0.500. The minimum absolute atomic E-state index is 0.00429. The molecule has 2 aromatic rings. The molecule has 3 heterocycles. The molecule has 144 valence electrons. The molecule has 1 aliphatic heterocycles. The maximum Gasteiger partial charge on any atom is 0.469 e. The second-order valence-corrected chi connectivity index (χ2v) is 7.36. The Labute approximate surface area is 145 Å². The van der Waals surface area contributed by atoms with Crippen molar-refractivity contribution in [2.75, 3.05) is 12.3 Å². The number of ether oxygens (including phenoxy) is 1. The number of rotatable bonds is 6. The fourth-order valence-corrected chi connectivity index (χ4v) is 3.50. The first kappa shape index (κ1) is 19.1. The largest absolute Gasteiger partial charge is 0.469 e. The zero-order valence-electron chi connectivity index (χ0n) is 12.9. The van der Waals surface area contributed by atoms with Crippen molar-refractivity contribution in [2.24, 2.45) is 0 Å². The molecule has 1 fully saturated rings. The van der Waals surface area contributed by atoms with Crippen molar-refractivity contribution < 1.29 is 37.6 Å². The molecule has 0 spiro atoms. The standard InChI is InChI=1S/C10H15N5O9P2/c11-10-13-8-7(9(16)14-10)12-3-15(8)6-1-4(24-26(19,20)21)5(23-6)2-22-25(17)18/h3-6,25H,1-2H2,(H,17,18)(H2,19,20,21)(H3,11,13,14,16). The highest BCUT2D eigenvalue weighted by Crippen LogP contribution is 2.44. The quantitative estimate of drug-likeness (QED) is 0.357. The Hall–Kier alpha value is -1.63. The number of aromatic amines is 1. The van der Waals surface area contributed by atoms with Crippen molar-refractivity contribution in [1.82, 2.24) is 19.5 Å². The highest BCUT2D eigenvalue weighted by Gasteiger charge is 2.41. The van der Waals surface area contributed by atoms with Gasteiger partial charge in [0.2, 0.25) is 5.95 Å². The molecule has 2 aromatic heterocycles. The Kier molecular flexibility index (Phi) is 5.28. The van der Waals surface area contributed by atoms with Gasteiger partial charge in [-0.1, -0.05) is 0 Å². The number of nitrogen functional groups attached to an aromatic ring is 1. The van der Waals surface area contributed by atoms with Gasteiger partial charge in [0.1, 0.15) is 18.4 Å². The second kappa shape index (κ2) is 7.18. The van der Waals surface area contributed by atoms with Crippen LogP contribution in [0.3, 0.4) is 0 Å². The summed E-state index contributed by atoms with van der Waals surface area (Å²) in [7, 11) is -8.13. The highest BCUT2D eigenvalue weighted by molar-refractivity contribution is 7.46. The van der Waals surface area contributed by atoms with E-state index in [1.165, 1.54) is 10.9 Å².